The van der Waals surface area contributed by atoms with Crippen LogP contribution in [-0.2, 0) is 9.84 Å². The lowest BCUT2D eigenvalue weighted by Gasteiger charge is -2.32. The van der Waals surface area contributed by atoms with Crippen molar-refractivity contribution in [2.24, 2.45) is 5.92 Å². The summed E-state index contributed by atoms with van der Waals surface area (Å²) in [6.07, 6.45) is 6.27. The molecule has 102 valence electrons. The van der Waals surface area contributed by atoms with E-state index in [0.29, 0.717) is 12.3 Å². The Kier molecular flexibility index (Phi) is 4.63. The summed E-state index contributed by atoms with van der Waals surface area (Å²) >= 11 is 0. The summed E-state index contributed by atoms with van der Waals surface area (Å²) in [4.78, 5) is 2.27. The molecule has 1 saturated heterocycles. The molecule has 2 fully saturated rings. The first kappa shape index (κ1) is 13.8. The van der Waals surface area contributed by atoms with E-state index in [1.54, 1.807) is 0 Å². The Bertz CT molecular complexity index is 413. The normalized spacial score (nSPS) is 34.2. The Morgan fingerprint density at radius 1 is 1.00 bits per heavy atom. The predicted molar refractivity (Wildman–Crippen MR) is 70.8 cm³/mol. The third-order valence-electron chi connectivity index (χ3n) is 4.20. The summed E-state index contributed by atoms with van der Waals surface area (Å²) in [6, 6.07) is 2.72. The molecule has 1 aliphatic heterocycles. The molecule has 0 aromatic carbocycles. The Balaban J connectivity index is 2.06. The van der Waals surface area contributed by atoms with Gasteiger partial charge in [0.15, 0.2) is 9.84 Å². The van der Waals surface area contributed by atoms with Crippen molar-refractivity contribution in [2.45, 2.75) is 44.6 Å². The molecule has 5 heteroatoms. The highest BCUT2D eigenvalue weighted by molar-refractivity contribution is 7.91. The average Bonchev–Trinajstić information content (AvgIpc) is 2.66. The van der Waals surface area contributed by atoms with Crippen LogP contribution in [0.3, 0.4) is 0 Å². The van der Waals surface area contributed by atoms with Crippen molar-refractivity contribution >= 4 is 9.84 Å². The number of nitriles is 1. The Hall–Kier alpha value is -0.600. The minimum Gasteiger partial charge on any atom is -0.298 e. The molecule has 1 saturated carbocycles. The highest BCUT2D eigenvalue weighted by Crippen LogP contribution is 2.28. The van der Waals surface area contributed by atoms with Crippen molar-refractivity contribution in [3.8, 4) is 6.07 Å². The average molecular weight is 270 g/mol. The molecule has 18 heavy (non-hydrogen) atoms. The van der Waals surface area contributed by atoms with Crippen LogP contribution in [0, 0.1) is 17.2 Å². The van der Waals surface area contributed by atoms with E-state index in [1.165, 1.54) is 12.8 Å². The second-order valence-corrected chi connectivity index (χ2v) is 7.79. The summed E-state index contributed by atoms with van der Waals surface area (Å²) in [7, 11) is -2.85. The fraction of sp³-hybridized carbons (Fsp3) is 0.923. The Morgan fingerprint density at radius 3 is 2.56 bits per heavy atom. The fourth-order valence-corrected chi connectivity index (χ4v) is 4.45. The van der Waals surface area contributed by atoms with Gasteiger partial charge in [-0.3, -0.25) is 4.90 Å². The fourth-order valence-electron chi connectivity index (χ4n) is 3.17. The van der Waals surface area contributed by atoms with Gasteiger partial charge in [0.2, 0.25) is 0 Å². The second-order valence-electron chi connectivity index (χ2n) is 5.48. The first-order chi connectivity index (χ1) is 8.62. The number of hydrogen-bond acceptors (Lipinski definition) is 4. The van der Waals surface area contributed by atoms with Gasteiger partial charge in [-0.05, 0) is 25.8 Å². The third kappa shape index (κ3) is 3.46. The standard InChI is InChI=1S/C13H22N2O2S/c14-11-12-5-2-1-3-6-13(12)15-7-4-9-18(16,17)10-8-15/h12-13H,1-10H2. The van der Waals surface area contributed by atoms with Crippen molar-refractivity contribution in [1.82, 2.24) is 4.90 Å². The number of rotatable bonds is 1. The lowest BCUT2D eigenvalue weighted by Crippen LogP contribution is -2.41. The monoisotopic (exact) mass is 270 g/mol. The van der Waals surface area contributed by atoms with E-state index in [4.69, 9.17) is 0 Å². The lowest BCUT2D eigenvalue weighted by molar-refractivity contribution is 0.165. The SMILES string of the molecule is N#CC1CCCCCC1N1CCCS(=O)(=O)CC1. The van der Waals surface area contributed by atoms with Crippen LogP contribution in [0.1, 0.15) is 38.5 Å². The van der Waals surface area contributed by atoms with Gasteiger partial charge in [0.25, 0.3) is 0 Å². The van der Waals surface area contributed by atoms with E-state index in [2.05, 4.69) is 11.0 Å². The maximum atomic E-state index is 11.6. The van der Waals surface area contributed by atoms with Crippen LogP contribution in [0.2, 0.25) is 0 Å². The van der Waals surface area contributed by atoms with Gasteiger partial charge >= 0.3 is 0 Å². The van der Waals surface area contributed by atoms with Gasteiger partial charge in [0, 0.05) is 12.6 Å². The van der Waals surface area contributed by atoms with Crippen molar-refractivity contribution in [3.63, 3.8) is 0 Å². The maximum Gasteiger partial charge on any atom is 0.151 e. The van der Waals surface area contributed by atoms with Crippen LogP contribution in [0.15, 0.2) is 0 Å². The second kappa shape index (κ2) is 6.03. The van der Waals surface area contributed by atoms with Crippen LogP contribution < -0.4 is 0 Å². The van der Waals surface area contributed by atoms with Gasteiger partial charge in [0.05, 0.1) is 23.5 Å². The zero-order valence-corrected chi connectivity index (χ0v) is 11.7. The van der Waals surface area contributed by atoms with Crippen LogP contribution in [0.5, 0.6) is 0 Å². The van der Waals surface area contributed by atoms with Crippen LogP contribution in [0.25, 0.3) is 0 Å². The molecule has 2 atom stereocenters. The summed E-state index contributed by atoms with van der Waals surface area (Å²) < 4.78 is 23.3. The molecule has 2 unspecified atom stereocenters. The molecule has 0 N–H and O–H groups in total. The highest BCUT2D eigenvalue weighted by atomic mass is 32.2. The molecule has 0 radical (unpaired) electrons. The quantitative estimate of drug-likeness (QED) is 0.679. The van der Waals surface area contributed by atoms with Crippen molar-refractivity contribution < 1.29 is 8.42 Å². The van der Waals surface area contributed by atoms with E-state index in [0.717, 1.165) is 32.2 Å². The number of hydrogen-bond donors (Lipinski definition) is 0. The zero-order valence-electron chi connectivity index (χ0n) is 10.8. The van der Waals surface area contributed by atoms with Gasteiger partial charge < -0.3 is 0 Å². The van der Waals surface area contributed by atoms with Crippen molar-refractivity contribution in [1.29, 1.82) is 5.26 Å². The molecule has 0 aromatic heterocycles. The molecule has 0 amide bonds. The molecule has 0 spiro atoms. The summed E-state index contributed by atoms with van der Waals surface area (Å²) in [6.45, 7) is 1.45. The molecule has 4 nitrogen and oxygen atoms in total. The first-order valence-electron chi connectivity index (χ1n) is 6.96. The topological polar surface area (TPSA) is 61.2 Å². The van der Waals surface area contributed by atoms with E-state index in [9.17, 15) is 13.7 Å². The first-order valence-corrected chi connectivity index (χ1v) is 8.78. The van der Waals surface area contributed by atoms with E-state index < -0.39 is 9.84 Å². The maximum absolute atomic E-state index is 11.6. The largest absolute Gasteiger partial charge is 0.298 e. The summed E-state index contributed by atoms with van der Waals surface area (Å²) in [5.74, 6) is 0.669. The van der Waals surface area contributed by atoms with Gasteiger partial charge in [-0.15, -0.1) is 0 Å². The van der Waals surface area contributed by atoms with Crippen LogP contribution >= 0.6 is 0 Å². The highest BCUT2D eigenvalue weighted by Gasteiger charge is 2.31. The molecule has 1 aliphatic carbocycles. The molecule has 2 aliphatic rings. The molecule has 1 heterocycles. The third-order valence-corrected chi connectivity index (χ3v) is 5.92. The molecular weight excluding hydrogens is 248 g/mol. The van der Waals surface area contributed by atoms with Crippen LogP contribution in [-0.4, -0.2) is 44.0 Å². The van der Waals surface area contributed by atoms with E-state index in [-0.39, 0.29) is 17.7 Å². The van der Waals surface area contributed by atoms with Gasteiger partial charge in [-0.25, -0.2) is 8.42 Å². The Labute approximate surface area is 110 Å². The van der Waals surface area contributed by atoms with Gasteiger partial charge in [-0.1, -0.05) is 19.3 Å². The van der Waals surface area contributed by atoms with Crippen molar-refractivity contribution in [2.75, 3.05) is 24.6 Å². The lowest BCUT2D eigenvalue weighted by atomic mass is 9.94. The number of sulfone groups is 1. The summed E-state index contributed by atoms with van der Waals surface area (Å²) in [5.41, 5.74) is 0. The summed E-state index contributed by atoms with van der Waals surface area (Å²) in [5, 5.41) is 9.30. The zero-order chi connectivity index (χ0) is 13.0. The van der Waals surface area contributed by atoms with Gasteiger partial charge in [-0.2, -0.15) is 5.26 Å². The molecular formula is C13H22N2O2S. The van der Waals surface area contributed by atoms with E-state index >= 15 is 0 Å². The van der Waals surface area contributed by atoms with Gasteiger partial charge in [0.1, 0.15) is 0 Å². The minimum absolute atomic E-state index is 0.0910. The minimum atomic E-state index is -2.85. The van der Waals surface area contributed by atoms with Crippen LogP contribution in [0.4, 0.5) is 0 Å². The predicted octanol–water partition coefficient (Wildman–Crippen LogP) is 1.58. The number of nitrogens with zero attached hydrogens (tertiary/aromatic N) is 2. The Morgan fingerprint density at radius 2 is 1.78 bits per heavy atom. The van der Waals surface area contributed by atoms with E-state index in [1.807, 2.05) is 0 Å². The molecule has 0 aromatic rings. The molecule has 0 bridgehead atoms. The smallest absolute Gasteiger partial charge is 0.151 e. The molecule has 2 rings (SSSR count). The van der Waals surface area contributed by atoms with Crippen molar-refractivity contribution in [3.05, 3.63) is 0 Å².